The third-order valence-corrected chi connectivity index (χ3v) is 3.37. The highest BCUT2D eigenvalue weighted by molar-refractivity contribution is 6.30. The molecule has 0 aliphatic heterocycles. The smallest absolute Gasteiger partial charge is 0.151 e. The van der Waals surface area contributed by atoms with E-state index in [1.807, 2.05) is 0 Å². The van der Waals surface area contributed by atoms with Gasteiger partial charge in [0.1, 0.15) is 12.6 Å². The van der Waals surface area contributed by atoms with Crippen molar-refractivity contribution in [2.24, 2.45) is 0 Å². The SMILES string of the molecule is C=CCC(O)(c1ccc(Cl)cc1)c1nccn1COC. The molecule has 1 aromatic heterocycles. The maximum Gasteiger partial charge on any atom is 0.151 e. The molecule has 1 heterocycles. The van der Waals surface area contributed by atoms with Crippen molar-refractivity contribution in [1.82, 2.24) is 9.55 Å². The molecule has 20 heavy (non-hydrogen) atoms. The first-order valence-electron chi connectivity index (χ1n) is 6.21. The summed E-state index contributed by atoms with van der Waals surface area (Å²) in [7, 11) is 1.60. The average molecular weight is 293 g/mol. The molecule has 2 rings (SSSR count). The summed E-state index contributed by atoms with van der Waals surface area (Å²) in [4.78, 5) is 4.28. The minimum atomic E-state index is -1.26. The van der Waals surface area contributed by atoms with Gasteiger partial charge in [0.25, 0.3) is 0 Å². The molecular formula is C15H17ClN2O2. The van der Waals surface area contributed by atoms with Crippen molar-refractivity contribution in [1.29, 1.82) is 0 Å². The monoisotopic (exact) mass is 292 g/mol. The number of benzene rings is 1. The van der Waals surface area contributed by atoms with E-state index in [4.69, 9.17) is 16.3 Å². The predicted octanol–water partition coefficient (Wildman–Crippen LogP) is 2.95. The van der Waals surface area contributed by atoms with E-state index in [2.05, 4.69) is 11.6 Å². The lowest BCUT2D eigenvalue weighted by Crippen LogP contribution is -2.31. The normalized spacial score (nSPS) is 13.9. The minimum absolute atomic E-state index is 0.322. The van der Waals surface area contributed by atoms with E-state index in [9.17, 15) is 5.11 Å². The summed E-state index contributed by atoms with van der Waals surface area (Å²) in [6.45, 7) is 4.04. The molecule has 5 heteroatoms. The highest BCUT2D eigenvalue weighted by atomic mass is 35.5. The molecule has 0 saturated heterocycles. The van der Waals surface area contributed by atoms with Crippen molar-refractivity contribution in [3.05, 3.63) is 65.7 Å². The first-order chi connectivity index (χ1) is 9.61. The number of nitrogens with zero attached hydrogens (tertiary/aromatic N) is 2. The fourth-order valence-corrected chi connectivity index (χ4v) is 2.32. The van der Waals surface area contributed by atoms with Gasteiger partial charge in [-0.25, -0.2) is 4.98 Å². The van der Waals surface area contributed by atoms with Crippen LogP contribution in [0.25, 0.3) is 0 Å². The lowest BCUT2D eigenvalue weighted by atomic mass is 9.89. The summed E-state index contributed by atoms with van der Waals surface area (Å²) in [6.07, 6.45) is 5.41. The van der Waals surface area contributed by atoms with Gasteiger partial charge in [0.05, 0.1) is 0 Å². The van der Waals surface area contributed by atoms with E-state index in [0.29, 0.717) is 29.6 Å². The number of ether oxygens (including phenoxy) is 1. The Morgan fingerprint density at radius 3 is 2.75 bits per heavy atom. The largest absolute Gasteiger partial charge is 0.377 e. The van der Waals surface area contributed by atoms with Crippen LogP contribution < -0.4 is 0 Å². The van der Waals surface area contributed by atoms with Gasteiger partial charge in [0.2, 0.25) is 0 Å². The zero-order valence-electron chi connectivity index (χ0n) is 11.3. The Hall–Kier alpha value is -1.62. The summed E-state index contributed by atoms with van der Waals surface area (Å²) in [5.41, 5.74) is -0.542. The lowest BCUT2D eigenvalue weighted by molar-refractivity contribution is 0.0556. The van der Waals surface area contributed by atoms with E-state index >= 15 is 0 Å². The first kappa shape index (κ1) is 14.8. The zero-order chi connectivity index (χ0) is 14.6. The van der Waals surface area contributed by atoms with Gasteiger partial charge < -0.3 is 14.4 Å². The van der Waals surface area contributed by atoms with Crippen molar-refractivity contribution in [3.8, 4) is 0 Å². The summed E-state index contributed by atoms with van der Waals surface area (Å²) < 4.78 is 6.88. The quantitative estimate of drug-likeness (QED) is 0.833. The van der Waals surface area contributed by atoms with E-state index in [-0.39, 0.29) is 0 Å². The van der Waals surface area contributed by atoms with Crippen LogP contribution in [0.1, 0.15) is 17.8 Å². The molecule has 0 bridgehead atoms. The number of halogens is 1. The Bertz CT molecular complexity index is 580. The molecule has 1 aromatic carbocycles. The van der Waals surface area contributed by atoms with Crippen LogP contribution >= 0.6 is 11.6 Å². The van der Waals surface area contributed by atoms with Crippen LogP contribution in [0.5, 0.6) is 0 Å². The second-order valence-corrected chi connectivity index (χ2v) is 4.93. The van der Waals surface area contributed by atoms with Gasteiger partial charge >= 0.3 is 0 Å². The zero-order valence-corrected chi connectivity index (χ0v) is 12.0. The van der Waals surface area contributed by atoms with Crippen molar-refractivity contribution in [3.63, 3.8) is 0 Å². The Balaban J connectivity index is 2.50. The standard InChI is InChI=1S/C15H17ClN2O2/c1-3-8-15(19,12-4-6-13(16)7-5-12)14-17-9-10-18(14)11-20-2/h3-7,9-10,19H,1,8,11H2,2H3. The third-order valence-electron chi connectivity index (χ3n) is 3.12. The topological polar surface area (TPSA) is 47.3 Å². The number of imidazole rings is 1. The van der Waals surface area contributed by atoms with E-state index in [0.717, 1.165) is 0 Å². The van der Waals surface area contributed by atoms with Gasteiger partial charge in [-0.2, -0.15) is 0 Å². The van der Waals surface area contributed by atoms with E-state index < -0.39 is 5.60 Å². The fourth-order valence-electron chi connectivity index (χ4n) is 2.19. The number of aromatic nitrogens is 2. The number of hydrogen-bond acceptors (Lipinski definition) is 3. The highest BCUT2D eigenvalue weighted by Gasteiger charge is 2.34. The van der Waals surface area contributed by atoms with Gasteiger partial charge in [-0.15, -0.1) is 6.58 Å². The molecule has 0 radical (unpaired) electrons. The van der Waals surface area contributed by atoms with Crippen LogP contribution in [0.15, 0.2) is 49.3 Å². The Labute approximate surface area is 123 Å². The second kappa shape index (κ2) is 6.22. The molecule has 106 valence electrons. The molecule has 0 aliphatic carbocycles. The summed E-state index contributed by atoms with van der Waals surface area (Å²) in [5, 5.41) is 11.7. The maximum absolute atomic E-state index is 11.1. The molecule has 4 nitrogen and oxygen atoms in total. The Morgan fingerprint density at radius 1 is 1.45 bits per heavy atom. The van der Waals surface area contributed by atoms with Gasteiger partial charge in [0, 0.05) is 30.9 Å². The summed E-state index contributed by atoms with van der Waals surface area (Å²) in [6, 6.07) is 7.07. The summed E-state index contributed by atoms with van der Waals surface area (Å²) >= 11 is 5.90. The average Bonchev–Trinajstić information content (AvgIpc) is 2.89. The molecular weight excluding hydrogens is 276 g/mol. The molecule has 2 aromatic rings. The number of methoxy groups -OCH3 is 1. The minimum Gasteiger partial charge on any atom is -0.377 e. The molecule has 1 unspecified atom stereocenters. The maximum atomic E-state index is 11.1. The number of aliphatic hydroxyl groups is 1. The van der Waals surface area contributed by atoms with Crippen LogP contribution in [-0.2, 0) is 17.1 Å². The second-order valence-electron chi connectivity index (χ2n) is 4.50. The van der Waals surface area contributed by atoms with Crippen LogP contribution in [0.4, 0.5) is 0 Å². The van der Waals surface area contributed by atoms with Crippen LogP contribution in [0.2, 0.25) is 5.02 Å². The molecule has 1 N–H and O–H groups in total. The lowest BCUT2D eigenvalue weighted by Gasteiger charge is -2.27. The van der Waals surface area contributed by atoms with Gasteiger partial charge in [-0.1, -0.05) is 29.8 Å². The van der Waals surface area contributed by atoms with E-state index in [1.165, 1.54) is 0 Å². The first-order valence-corrected chi connectivity index (χ1v) is 6.59. The highest BCUT2D eigenvalue weighted by Crippen LogP contribution is 2.33. The van der Waals surface area contributed by atoms with Gasteiger partial charge in [-0.05, 0) is 17.7 Å². The van der Waals surface area contributed by atoms with Crippen LogP contribution in [0, 0.1) is 0 Å². The van der Waals surface area contributed by atoms with Crippen molar-refractivity contribution in [2.75, 3.05) is 7.11 Å². The van der Waals surface area contributed by atoms with Crippen LogP contribution in [-0.4, -0.2) is 21.8 Å². The number of rotatable bonds is 6. The van der Waals surface area contributed by atoms with Gasteiger partial charge in [0.15, 0.2) is 5.60 Å². The summed E-state index contributed by atoms with van der Waals surface area (Å²) in [5.74, 6) is 0.515. The molecule has 0 saturated carbocycles. The molecule has 0 fully saturated rings. The molecule has 0 spiro atoms. The molecule has 0 aliphatic rings. The fraction of sp³-hybridized carbons (Fsp3) is 0.267. The Kier molecular flexibility index (Phi) is 4.60. The van der Waals surface area contributed by atoms with Crippen molar-refractivity contribution < 1.29 is 9.84 Å². The molecule has 0 amide bonds. The van der Waals surface area contributed by atoms with Crippen molar-refractivity contribution in [2.45, 2.75) is 18.8 Å². The van der Waals surface area contributed by atoms with Crippen molar-refractivity contribution >= 4 is 11.6 Å². The van der Waals surface area contributed by atoms with Gasteiger partial charge in [-0.3, -0.25) is 0 Å². The van der Waals surface area contributed by atoms with Crippen LogP contribution in [0.3, 0.4) is 0 Å². The number of hydrogen-bond donors (Lipinski definition) is 1. The predicted molar refractivity (Wildman–Crippen MR) is 78.5 cm³/mol. The Morgan fingerprint density at radius 2 is 2.15 bits per heavy atom. The third kappa shape index (κ3) is 2.77. The molecule has 1 atom stereocenters. The van der Waals surface area contributed by atoms with E-state index in [1.54, 1.807) is 54.4 Å².